The van der Waals surface area contributed by atoms with Gasteiger partial charge in [0.2, 0.25) is 0 Å². The molecule has 2 rings (SSSR count). The molecule has 0 heterocycles. The van der Waals surface area contributed by atoms with Gasteiger partial charge in [-0.15, -0.1) is 0 Å². The highest BCUT2D eigenvalue weighted by Crippen LogP contribution is 2.38. The first-order valence-corrected chi connectivity index (χ1v) is 11.5. The number of benzene rings is 2. The van der Waals surface area contributed by atoms with Gasteiger partial charge in [0.05, 0.1) is 0 Å². The summed E-state index contributed by atoms with van der Waals surface area (Å²) in [6.45, 7) is 2.26. The monoisotopic (exact) mass is 374 g/mol. The fourth-order valence-electron chi connectivity index (χ4n) is 3.01. The van der Waals surface area contributed by atoms with Crippen LogP contribution in [-0.2, 0) is 0 Å². The highest BCUT2D eigenvalue weighted by molar-refractivity contribution is 7.61. The maximum atomic E-state index is 13.2. The standard InChI is InChI=1S/C23H32FOP/c1-2-3-4-5-6-7-8-9-13-20-26(23-18-16-21(24)17-19-23)25-22-14-11-10-12-15-22/h10-12,14-19H,2-9,13,20H2,1H3. The highest BCUT2D eigenvalue weighted by Gasteiger charge is 2.14. The van der Waals surface area contributed by atoms with Crippen molar-refractivity contribution in [1.29, 1.82) is 0 Å². The fraction of sp³-hybridized carbons (Fsp3) is 0.478. The third-order valence-corrected chi connectivity index (χ3v) is 6.57. The predicted octanol–water partition coefficient (Wildman–Crippen LogP) is 7.46. The molecule has 0 spiro atoms. The van der Waals surface area contributed by atoms with E-state index in [1.807, 2.05) is 42.5 Å². The van der Waals surface area contributed by atoms with Gasteiger partial charge in [0.15, 0.2) is 0 Å². The summed E-state index contributed by atoms with van der Waals surface area (Å²) in [5, 5.41) is 1.12. The van der Waals surface area contributed by atoms with Gasteiger partial charge in [-0.1, -0.05) is 76.5 Å². The van der Waals surface area contributed by atoms with Crippen molar-refractivity contribution in [3.05, 3.63) is 60.4 Å². The second kappa shape index (κ2) is 12.9. The molecule has 0 bridgehead atoms. The molecule has 0 aliphatic rings. The number of hydrogen-bond acceptors (Lipinski definition) is 1. The molecular formula is C23H32FOP. The minimum absolute atomic E-state index is 0.188. The van der Waals surface area contributed by atoms with E-state index in [9.17, 15) is 4.39 Å². The van der Waals surface area contributed by atoms with Crippen LogP contribution in [0.4, 0.5) is 4.39 Å². The fourth-order valence-corrected chi connectivity index (χ4v) is 4.83. The number of unbranched alkanes of at least 4 members (excludes halogenated alkanes) is 8. The summed E-state index contributed by atoms with van der Waals surface area (Å²) in [6, 6.07) is 16.8. The molecule has 1 unspecified atom stereocenters. The van der Waals surface area contributed by atoms with Crippen molar-refractivity contribution in [2.45, 2.75) is 64.7 Å². The van der Waals surface area contributed by atoms with Crippen molar-refractivity contribution in [2.24, 2.45) is 0 Å². The molecule has 0 radical (unpaired) electrons. The SMILES string of the molecule is CCCCCCCCCCCP(Oc1ccccc1)c1ccc(F)cc1. The average Bonchev–Trinajstić information content (AvgIpc) is 2.67. The lowest BCUT2D eigenvalue weighted by Crippen LogP contribution is -2.08. The van der Waals surface area contributed by atoms with Crippen LogP contribution in [0.3, 0.4) is 0 Å². The van der Waals surface area contributed by atoms with Gasteiger partial charge in [-0.05, 0) is 42.8 Å². The Morgan fingerprint density at radius 1 is 0.731 bits per heavy atom. The summed E-state index contributed by atoms with van der Waals surface area (Å²) in [6.07, 6.45) is 12.9. The van der Waals surface area contributed by atoms with E-state index in [-0.39, 0.29) is 5.82 Å². The van der Waals surface area contributed by atoms with Crippen LogP contribution in [0, 0.1) is 5.82 Å². The first kappa shape index (κ1) is 20.9. The Bertz CT molecular complexity index is 585. The van der Waals surface area contributed by atoms with Gasteiger partial charge in [0, 0.05) is 11.5 Å². The Kier molecular flexibility index (Phi) is 10.4. The third-order valence-electron chi connectivity index (χ3n) is 4.54. The van der Waals surface area contributed by atoms with Crippen LogP contribution >= 0.6 is 8.15 Å². The molecule has 2 aromatic carbocycles. The third kappa shape index (κ3) is 8.32. The Hall–Kier alpha value is -1.40. The lowest BCUT2D eigenvalue weighted by atomic mass is 10.1. The maximum absolute atomic E-state index is 13.2. The number of hydrogen-bond donors (Lipinski definition) is 0. The Balaban J connectivity index is 1.76. The topological polar surface area (TPSA) is 9.23 Å². The molecule has 0 N–H and O–H groups in total. The van der Waals surface area contributed by atoms with Gasteiger partial charge in [-0.3, -0.25) is 0 Å². The first-order valence-electron chi connectivity index (χ1n) is 10.1. The minimum Gasteiger partial charge on any atom is -0.469 e. The van der Waals surface area contributed by atoms with Gasteiger partial charge < -0.3 is 4.52 Å². The van der Waals surface area contributed by atoms with Crippen molar-refractivity contribution >= 4 is 13.5 Å². The molecule has 1 atom stereocenters. The molecule has 0 fully saturated rings. The van der Waals surface area contributed by atoms with E-state index in [1.54, 1.807) is 0 Å². The molecule has 0 amide bonds. The summed E-state index contributed by atoms with van der Waals surface area (Å²) in [5.41, 5.74) is 0. The molecule has 26 heavy (non-hydrogen) atoms. The van der Waals surface area contributed by atoms with Crippen LogP contribution in [0.25, 0.3) is 0 Å². The number of para-hydroxylation sites is 1. The first-order chi connectivity index (χ1) is 12.8. The summed E-state index contributed by atoms with van der Waals surface area (Å²) >= 11 is 0. The van der Waals surface area contributed by atoms with E-state index in [1.165, 1.54) is 69.9 Å². The van der Waals surface area contributed by atoms with Crippen LogP contribution in [0.2, 0.25) is 0 Å². The molecule has 142 valence electrons. The molecular weight excluding hydrogens is 342 g/mol. The average molecular weight is 374 g/mol. The van der Waals surface area contributed by atoms with Gasteiger partial charge in [-0.2, -0.15) is 0 Å². The van der Waals surface area contributed by atoms with Crippen LogP contribution < -0.4 is 9.83 Å². The summed E-state index contributed by atoms with van der Waals surface area (Å²) in [5.74, 6) is 0.713. The Labute approximate surface area is 159 Å². The lowest BCUT2D eigenvalue weighted by molar-refractivity contribution is 0.569. The second-order valence-electron chi connectivity index (χ2n) is 6.81. The van der Waals surface area contributed by atoms with Gasteiger partial charge in [0.1, 0.15) is 19.7 Å². The lowest BCUT2D eigenvalue weighted by Gasteiger charge is -2.19. The van der Waals surface area contributed by atoms with Crippen LogP contribution in [0.5, 0.6) is 5.75 Å². The highest BCUT2D eigenvalue weighted by atomic mass is 31.1. The molecule has 3 heteroatoms. The summed E-state index contributed by atoms with van der Waals surface area (Å²) in [7, 11) is -0.744. The zero-order valence-corrected chi connectivity index (χ0v) is 16.9. The van der Waals surface area contributed by atoms with Gasteiger partial charge in [-0.25, -0.2) is 4.39 Å². The predicted molar refractivity (Wildman–Crippen MR) is 112 cm³/mol. The molecule has 2 aromatic rings. The van der Waals surface area contributed by atoms with Crippen LogP contribution in [0.1, 0.15) is 64.7 Å². The molecule has 0 aliphatic carbocycles. The Morgan fingerprint density at radius 3 is 1.92 bits per heavy atom. The largest absolute Gasteiger partial charge is 0.469 e. The van der Waals surface area contributed by atoms with E-state index < -0.39 is 8.15 Å². The number of halogens is 1. The molecule has 0 saturated carbocycles. The van der Waals surface area contributed by atoms with Crippen molar-refractivity contribution < 1.29 is 8.91 Å². The minimum atomic E-state index is -0.744. The van der Waals surface area contributed by atoms with Gasteiger partial charge in [0.25, 0.3) is 0 Å². The molecule has 0 aromatic heterocycles. The van der Waals surface area contributed by atoms with Gasteiger partial charge >= 0.3 is 0 Å². The van der Waals surface area contributed by atoms with E-state index in [0.717, 1.165) is 17.2 Å². The van der Waals surface area contributed by atoms with Crippen molar-refractivity contribution in [3.8, 4) is 5.75 Å². The zero-order valence-electron chi connectivity index (χ0n) is 16.0. The van der Waals surface area contributed by atoms with Crippen LogP contribution in [0.15, 0.2) is 54.6 Å². The quantitative estimate of drug-likeness (QED) is 0.261. The molecule has 1 nitrogen and oxygen atoms in total. The van der Waals surface area contributed by atoms with Crippen molar-refractivity contribution in [1.82, 2.24) is 0 Å². The smallest absolute Gasteiger partial charge is 0.123 e. The van der Waals surface area contributed by atoms with E-state index in [2.05, 4.69) is 6.92 Å². The summed E-state index contributed by atoms with van der Waals surface area (Å²) < 4.78 is 19.5. The van der Waals surface area contributed by atoms with Crippen molar-refractivity contribution in [3.63, 3.8) is 0 Å². The van der Waals surface area contributed by atoms with Crippen LogP contribution in [-0.4, -0.2) is 6.16 Å². The number of rotatable bonds is 13. The summed E-state index contributed by atoms with van der Waals surface area (Å²) in [4.78, 5) is 0. The van der Waals surface area contributed by atoms with E-state index in [4.69, 9.17) is 4.52 Å². The van der Waals surface area contributed by atoms with Crippen molar-refractivity contribution in [2.75, 3.05) is 6.16 Å². The maximum Gasteiger partial charge on any atom is 0.123 e. The zero-order chi connectivity index (χ0) is 18.5. The van der Waals surface area contributed by atoms with E-state index in [0.29, 0.717) is 0 Å². The van der Waals surface area contributed by atoms with E-state index >= 15 is 0 Å². The molecule has 0 aliphatic heterocycles. The Morgan fingerprint density at radius 2 is 1.31 bits per heavy atom. The molecule has 0 saturated heterocycles. The second-order valence-corrected chi connectivity index (χ2v) is 8.71. The normalized spacial score (nSPS) is 12.1.